The first-order valence-corrected chi connectivity index (χ1v) is 7.80. The molecule has 21 heavy (non-hydrogen) atoms. The van der Waals surface area contributed by atoms with Crippen LogP contribution in [0, 0.1) is 0 Å². The Morgan fingerprint density at radius 3 is 2.62 bits per heavy atom. The monoisotopic (exact) mass is 323 g/mol. The lowest BCUT2D eigenvalue weighted by molar-refractivity contribution is 0.318. The van der Waals surface area contributed by atoms with Gasteiger partial charge in [-0.15, -0.1) is 0 Å². The summed E-state index contributed by atoms with van der Waals surface area (Å²) in [6.07, 6.45) is 0.979. The number of hydrogen-bond donors (Lipinski definition) is 1. The minimum Gasteiger partial charge on any atom is -0.491 e. The number of rotatable bonds is 6. The molecular formula is C17H19Cl2NO. The van der Waals surface area contributed by atoms with E-state index in [0.29, 0.717) is 16.7 Å². The molecule has 0 radical (unpaired) electrons. The van der Waals surface area contributed by atoms with Crippen LogP contribution in [0.25, 0.3) is 0 Å². The molecule has 4 heteroatoms. The van der Waals surface area contributed by atoms with Gasteiger partial charge in [0.15, 0.2) is 0 Å². The molecule has 1 unspecified atom stereocenters. The number of para-hydroxylation sites is 2. The largest absolute Gasteiger partial charge is 0.491 e. The summed E-state index contributed by atoms with van der Waals surface area (Å²) in [5.74, 6) is 0.858. The van der Waals surface area contributed by atoms with E-state index in [0.717, 1.165) is 23.4 Å². The maximum absolute atomic E-state index is 6.26. The summed E-state index contributed by atoms with van der Waals surface area (Å²) >= 11 is 12.2. The van der Waals surface area contributed by atoms with Crippen LogP contribution >= 0.6 is 23.2 Å². The number of nitrogens with one attached hydrogen (secondary N) is 1. The van der Waals surface area contributed by atoms with E-state index < -0.39 is 0 Å². The number of hydrogen-bond acceptors (Lipinski definition) is 2. The lowest BCUT2D eigenvalue weighted by Crippen LogP contribution is -2.09. The van der Waals surface area contributed by atoms with Crippen LogP contribution in [0.1, 0.15) is 31.9 Å². The van der Waals surface area contributed by atoms with Gasteiger partial charge in [-0.25, -0.2) is 0 Å². The predicted octanol–water partition coefficient (Wildman–Crippen LogP) is 5.96. The van der Waals surface area contributed by atoms with Crippen molar-refractivity contribution in [2.45, 2.75) is 26.3 Å². The van der Waals surface area contributed by atoms with Crippen LogP contribution in [0.5, 0.6) is 5.75 Å². The summed E-state index contributed by atoms with van der Waals surface area (Å²) in [7, 11) is 0. The van der Waals surface area contributed by atoms with Crippen molar-refractivity contribution >= 4 is 28.9 Å². The average Bonchev–Trinajstić information content (AvgIpc) is 2.46. The molecule has 0 aliphatic rings. The third kappa shape index (κ3) is 4.29. The van der Waals surface area contributed by atoms with Crippen molar-refractivity contribution in [2.24, 2.45) is 0 Å². The second-order valence-corrected chi connectivity index (χ2v) is 5.72. The molecule has 112 valence electrons. The Bertz CT molecular complexity index is 601. The van der Waals surface area contributed by atoms with E-state index >= 15 is 0 Å². The fraction of sp³-hybridized carbons (Fsp3) is 0.294. The molecule has 0 fully saturated rings. The van der Waals surface area contributed by atoms with Gasteiger partial charge >= 0.3 is 0 Å². The smallest absolute Gasteiger partial charge is 0.142 e. The highest BCUT2D eigenvalue weighted by atomic mass is 35.5. The highest BCUT2D eigenvalue weighted by Crippen LogP contribution is 2.31. The van der Waals surface area contributed by atoms with Gasteiger partial charge in [0, 0.05) is 10.0 Å². The minimum atomic E-state index is 0.0566. The Balaban J connectivity index is 2.17. The van der Waals surface area contributed by atoms with E-state index in [2.05, 4.69) is 19.2 Å². The van der Waals surface area contributed by atoms with Gasteiger partial charge in [-0.3, -0.25) is 0 Å². The molecule has 0 aliphatic heterocycles. The zero-order valence-corrected chi connectivity index (χ0v) is 13.7. The second kappa shape index (κ2) is 7.58. The molecule has 0 saturated heterocycles. The molecule has 0 amide bonds. The molecule has 1 N–H and O–H groups in total. The number of benzene rings is 2. The van der Waals surface area contributed by atoms with Crippen molar-refractivity contribution in [3.8, 4) is 5.75 Å². The van der Waals surface area contributed by atoms with Gasteiger partial charge in [0.05, 0.1) is 18.3 Å². The molecule has 2 aromatic rings. The van der Waals surface area contributed by atoms with Gasteiger partial charge < -0.3 is 10.1 Å². The quantitative estimate of drug-likeness (QED) is 0.708. The van der Waals surface area contributed by atoms with Crippen molar-refractivity contribution in [3.63, 3.8) is 0 Å². The summed E-state index contributed by atoms with van der Waals surface area (Å²) in [6, 6.07) is 13.5. The molecule has 2 rings (SSSR count). The lowest BCUT2D eigenvalue weighted by Gasteiger charge is -2.19. The van der Waals surface area contributed by atoms with E-state index in [1.807, 2.05) is 36.4 Å². The Morgan fingerprint density at radius 1 is 1.14 bits per heavy atom. The summed E-state index contributed by atoms with van der Waals surface area (Å²) in [5, 5.41) is 4.75. The van der Waals surface area contributed by atoms with Crippen molar-refractivity contribution in [1.82, 2.24) is 0 Å². The molecule has 2 nitrogen and oxygen atoms in total. The van der Waals surface area contributed by atoms with Gasteiger partial charge in [0.1, 0.15) is 5.75 Å². The van der Waals surface area contributed by atoms with E-state index in [1.54, 1.807) is 6.07 Å². The van der Waals surface area contributed by atoms with Gasteiger partial charge in [-0.05, 0) is 43.2 Å². The van der Waals surface area contributed by atoms with Crippen molar-refractivity contribution in [2.75, 3.05) is 11.9 Å². The van der Waals surface area contributed by atoms with E-state index in [1.165, 1.54) is 0 Å². The van der Waals surface area contributed by atoms with Crippen LogP contribution < -0.4 is 10.1 Å². The van der Waals surface area contributed by atoms with Crippen molar-refractivity contribution in [3.05, 3.63) is 58.1 Å². The van der Waals surface area contributed by atoms with Crippen LogP contribution in [0.3, 0.4) is 0 Å². The molecule has 1 atom stereocenters. The second-order valence-electron chi connectivity index (χ2n) is 4.88. The number of halogens is 2. The molecule has 0 aromatic heterocycles. The van der Waals surface area contributed by atoms with E-state index in [4.69, 9.17) is 27.9 Å². The summed E-state index contributed by atoms with van der Waals surface area (Å²) < 4.78 is 5.76. The number of ether oxygens (including phenoxy) is 1. The number of anilines is 1. The van der Waals surface area contributed by atoms with Gasteiger partial charge in [0.2, 0.25) is 0 Å². The zero-order valence-electron chi connectivity index (χ0n) is 12.2. The normalized spacial score (nSPS) is 12.0. The van der Waals surface area contributed by atoms with Gasteiger partial charge in [-0.2, -0.15) is 0 Å². The minimum absolute atomic E-state index is 0.0566. The molecule has 0 heterocycles. The van der Waals surface area contributed by atoms with Crippen molar-refractivity contribution < 1.29 is 4.74 Å². The SMILES string of the molecule is CCCOc1ccccc1NC(C)c1ccc(Cl)cc1Cl. The summed E-state index contributed by atoms with van der Waals surface area (Å²) in [4.78, 5) is 0. The Kier molecular flexibility index (Phi) is 5.77. The summed E-state index contributed by atoms with van der Waals surface area (Å²) in [5.41, 5.74) is 1.97. The van der Waals surface area contributed by atoms with Crippen LogP contribution in [0.4, 0.5) is 5.69 Å². The molecule has 2 aromatic carbocycles. The van der Waals surface area contributed by atoms with Crippen LogP contribution in [0.15, 0.2) is 42.5 Å². The maximum atomic E-state index is 6.26. The van der Waals surface area contributed by atoms with Crippen LogP contribution in [-0.4, -0.2) is 6.61 Å². The first kappa shape index (κ1) is 16.0. The first-order chi connectivity index (χ1) is 10.1. The predicted molar refractivity (Wildman–Crippen MR) is 90.7 cm³/mol. The first-order valence-electron chi connectivity index (χ1n) is 7.05. The molecule has 0 spiro atoms. The van der Waals surface area contributed by atoms with Crippen molar-refractivity contribution in [1.29, 1.82) is 0 Å². The fourth-order valence-electron chi connectivity index (χ4n) is 2.09. The Hall–Kier alpha value is -1.38. The highest BCUT2D eigenvalue weighted by molar-refractivity contribution is 6.35. The molecule has 0 bridgehead atoms. The van der Waals surface area contributed by atoms with Crippen LogP contribution in [0.2, 0.25) is 10.0 Å². The maximum Gasteiger partial charge on any atom is 0.142 e. The Morgan fingerprint density at radius 2 is 1.90 bits per heavy atom. The molecule has 0 saturated carbocycles. The van der Waals surface area contributed by atoms with E-state index in [9.17, 15) is 0 Å². The van der Waals surface area contributed by atoms with Crippen LogP contribution in [-0.2, 0) is 0 Å². The van der Waals surface area contributed by atoms with E-state index in [-0.39, 0.29) is 6.04 Å². The topological polar surface area (TPSA) is 21.3 Å². The van der Waals surface area contributed by atoms with Gasteiger partial charge in [0.25, 0.3) is 0 Å². The zero-order chi connectivity index (χ0) is 15.2. The molecule has 0 aliphatic carbocycles. The summed E-state index contributed by atoms with van der Waals surface area (Å²) in [6.45, 7) is 4.85. The standard InChI is InChI=1S/C17H19Cl2NO/c1-3-10-21-17-7-5-4-6-16(17)20-12(2)14-9-8-13(18)11-15(14)19/h4-9,11-12,20H,3,10H2,1-2H3. The fourth-order valence-corrected chi connectivity index (χ4v) is 2.66. The highest BCUT2D eigenvalue weighted by Gasteiger charge is 2.12. The third-order valence-electron chi connectivity index (χ3n) is 3.15. The lowest BCUT2D eigenvalue weighted by atomic mass is 10.1. The average molecular weight is 324 g/mol. The van der Waals surface area contributed by atoms with Gasteiger partial charge in [-0.1, -0.05) is 48.3 Å². The third-order valence-corrected chi connectivity index (χ3v) is 3.71. The Labute approximate surface area is 136 Å². The molecular weight excluding hydrogens is 305 g/mol.